The van der Waals surface area contributed by atoms with Gasteiger partial charge in [-0.05, 0) is 25.2 Å². The van der Waals surface area contributed by atoms with E-state index in [1.54, 1.807) is 13.3 Å². The monoisotopic (exact) mass is 246 g/mol. The number of aromatic nitrogens is 1. The third-order valence-electron chi connectivity index (χ3n) is 2.91. The lowest BCUT2D eigenvalue weighted by Gasteiger charge is -2.16. The summed E-state index contributed by atoms with van der Waals surface area (Å²) in [4.78, 5) is 4.21. The number of methoxy groups -OCH3 is 1. The molecule has 0 amide bonds. The van der Waals surface area contributed by atoms with Crippen LogP contribution in [-0.2, 0) is 6.42 Å². The van der Waals surface area contributed by atoms with Crippen molar-refractivity contribution >= 4 is 0 Å². The number of furan rings is 1. The summed E-state index contributed by atoms with van der Waals surface area (Å²) in [7, 11) is 3.52. The first-order valence-corrected chi connectivity index (χ1v) is 6.05. The van der Waals surface area contributed by atoms with Crippen molar-refractivity contribution in [1.82, 2.24) is 10.3 Å². The van der Waals surface area contributed by atoms with Crippen LogP contribution in [0, 0.1) is 0 Å². The topological polar surface area (TPSA) is 47.3 Å². The first kappa shape index (κ1) is 12.6. The smallest absolute Gasteiger partial charge is 0.218 e. The number of rotatable bonds is 5. The van der Waals surface area contributed by atoms with E-state index in [2.05, 4.69) is 17.2 Å². The molecular formula is C14H18N2O2. The van der Waals surface area contributed by atoms with Gasteiger partial charge in [0.1, 0.15) is 11.5 Å². The maximum absolute atomic E-state index is 5.79. The van der Waals surface area contributed by atoms with E-state index in [-0.39, 0.29) is 6.04 Å². The van der Waals surface area contributed by atoms with E-state index in [0.717, 1.165) is 23.5 Å². The molecule has 0 aliphatic rings. The molecule has 0 spiro atoms. The second-order valence-electron chi connectivity index (χ2n) is 3.98. The molecule has 18 heavy (non-hydrogen) atoms. The van der Waals surface area contributed by atoms with E-state index in [4.69, 9.17) is 9.15 Å². The highest BCUT2D eigenvalue weighted by atomic mass is 16.5. The zero-order valence-corrected chi connectivity index (χ0v) is 10.9. The Hall–Kier alpha value is -1.81. The number of hydrogen-bond donors (Lipinski definition) is 1. The van der Waals surface area contributed by atoms with E-state index < -0.39 is 0 Å². The number of aryl methyl sites for hydroxylation is 1. The fourth-order valence-corrected chi connectivity index (χ4v) is 1.98. The van der Waals surface area contributed by atoms with Gasteiger partial charge in [0, 0.05) is 18.2 Å². The normalized spacial score (nSPS) is 12.4. The lowest BCUT2D eigenvalue weighted by Crippen LogP contribution is -2.18. The largest absolute Gasteiger partial charge is 0.481 e. The molecule has 0 aromatic carbocycles. The van der Waals surface area contributed by atoms with Gasteiger partial charge in [-0.1, -0.05) is 13.0 Å². The number of nitrogens with zero attached hydrogens (tertiary/aromatic N) is 1. The predicted octanol–water partition coefficient (Wildman–Crippen LogP) is 2.55. The maximum Gasteiger partial charge on any atom is 0.218 e. The van der Waals surface area contributed by atoms with Crippen LogP contribution in [0.4, 0.5) is 0 Å². The van der Waals surface area contributed by atoms with Crippen LogP contribution in [0.3, 0.4) is 0 Å². The number of nitrogens with one attached hydrogen (secondary N) is 1. The molecular weight excluding hydrogens is 228 g/mol. The Morgan fingerprint density at radius 1 is 1.39 bits per heavy atom. The van der Waals surface area contributed by atoms with E-state index >= 15 is 0 Å². The van der Waals surface area contributed by atoms with Crippen molar-refractivity contribution in [2.24, 2.45) is 0 Å². The van der Waals surface area contributed by atoms with Crippen LogP contribution < -0.4 is 10.1 Å². The highest BCUT2D eigenvalue weighted by molar-refractivity contribution is 5.34. The molecule has 96 valence electrons. The Bertz CT molecular complexity index is 508. The van der Waals surface area contributed by atoms with E-state index in [9.17, 15) is 0 Å². The van der Waals surface area contributed by atoms with Gasteiger partial charge < -0.3 is 14.5 Å². The van der Waals surface area contributed by atoms with Crippen molar-refractivity contribution in [3.05, 3.63) is 47.5 Å². The van der Waals surface area contributed by atoms with E-state index in [0.29, 0.717) is 5.88 Å². The summed E-state index contributed by atoms with van der Waals surface area (Å²) in [6.45, 7) is 2.07. The van der Waals surface area contributed by atoms with Crippen LogP contribution in [0.5, 0.6) is 5.88 Å². The summed E-state index contributed by atoms with van der Waals surface area (Å²) in [6.07, 6.45) is 2.61. The van der Waals surface area contributed by atoms with Gasteiger partial charge in [0.05, 0.1) is 13.2 Å². The molecule has 2 aromatic rings. The Balaban J connectivity index is 2.38. The van der Waals surface area contributed by atoms with E-state index in [1.165, 1.54) is 0 Å². The molecule has 2 aromatic heterocycles. The summed E-state index contributed by atoms with van der Waals surface area (Å²) in [5.41, 5.74) is 0.972. The highest BCUT2D eigenvalue weighted by Crippen LogP contribution is 2.29. The van der Waals surface area contributed by atoms with Gasteiger partial charge >= 0.3 is 0 Å². The first-order chi connectivity index (χ1) is 8.80. The van der Waals surface area contributed by atoms with Crippen molar-refractivity contribution in [1.29, 1.82) is 0 Å². The molecule has 0 aliphatic heterocycles. The Kier molecular flexibility index (Phi) is 3.99. The third kappa shape index (κ3) is 2.38. The van der Waals surface area contributed by atoms with Crippen molar-refractivity contribution in [2.45, 2.75) is 19.4 Å². The van der Waals surface area contributed by atoms with Gasteiger partial charge in [-0.25, -0.2) is 4.98 Å². The van der Waals surface area contributed by atoms with E-state index in [1.807, 2.05) is 31.3 Å². The standard InChI is InChI=1S/C14H18N2O2/c1-4-10-7-8-12(18-10)13(15-2)11-6-5-9-16-14(11)17-3/h5-9,13,15H,4H2,1-3H3. The maximum atomic E-state index is 5.79. The first-order valence-electron chi connectivity index (χ1n) is 6.05. The molecule has 0 bridgehead atoms. The Morgan fingerprint density at radius 3 is 2.83 bits per heavy atom. The van der Waals surface area contributed by atoms with Crippen molar-refractivity contribution in [3.63, 3.8) is 0 Å². The number of ether oxygens (including phenoxy) is 1. The molecule has 2 heterocycles. The second-order valence-corrected chi connectivity index (χ2v) is 3.98. The molecule has 0 saturated heterocycles. The zero-order chi connectivity index (χ0) is 13.0. The van der Waals surface area contributed by atoms with Gasteiger partial charge in [-0.3, -0.25) is 0 Å². The minimum Gasteiger partial charge on any atom is -0.481 e. The van der Waals surface area contributed by atoms with Gasteiger partial charge in [0.2, 0.25) is 5.88 Å². The summed E-state index contributed by atoms with van der Waals surface area (Å²) in [5.74, 6) is 2.47. The van der Waals surface area contributed by atoms with Gasteiger partial charge in [0.25, 0.3) is 0 Å². The third-order valence-corrected chi connectivity index (χ3v) is 2.91. The Morgan fingerprint density at radius 2 is 2.22 bits per heavy atom. The molecule has 0 saturated carbocycles. The molecule has 1 atom stereocenters. The highest BCUT2D eigenvalue weighted by Gasteiger charge is 2.20. The zero-order valence-electron chi connectivity index (χ0n) is 10.9. The van der Waals surface area contributed by atoms with Crippen LogP contribution in [0.25, 0.3) is 0 Å². The second kappa shape index (κ2) is 5.69. The molecule has 1 N–H and O–H groups in total. The fraction of sp³-hybridized carbons (Fsp3) is 0.357. The molecule has 0 fully saturated rings. The van der Waals surface area contributed by atoms with Crippen LogP contribution >= 0.6 is 0 Å². The van der Waals surface area contributed by atoms with Gasteiger partial charge in [-0.2, -0.15) is 0 Å². The number of pyridine rings is 1. The molecule has 0 aliphatic carbocycles. The summed E-state index contributed by atoms with van der Waals surface area (Å²) < 4.78 is 11.1. The lowest BCUT2D eigenvalue weighted by atomic mass is 10.1. The lowest BCUT2D eigenvalue weighted by molar-refractivity contribution is 0.378. The van der Waals surface area contributed by atoms with Crippen LogP contribution in [0.1, 0.15) is 30.0 Å². The summed E-state index contributed by atoms with van der Waals surface area (Å²) in [5, 5.41) is 3.23. The average molecular weight is 246 g/mol. The molecule has 0 radical (unpaired) electrons. The van der Waals surface area contributed by atoms with Gasteiger partial charge in [-0.15, -0.1) is 0 Å². The van der Waals surface area contributed by atoms with Gasteiger partial charge in [0.15, 0.2) is 0 Å². The minimum atomic E-state index is -0.0473. The van der Waals surface area contributed by atoms with Crippen molar-refractivity contribution < 1.29 is 9.15 Å². The van der Waals surface area contributed by atoms with Crippen LogP contribution in [0.2, 0.25) is 0 Å². The summed E-state index contributed by atoms with van der Waals surface area (Å²) in [6, 6.07) is 7.83. The summed E-state index contributed by atoms with van der Waals surface area (Å²) >= 11 is 0. The quantitative estimate of drug-likeness (QED) is 0.880. The molecule has 2 rings (SSSR count). The molecule has 4 nitrogen and oxygen atoms in total. The fourth-order valence-electron chi connectivity index (χ4n) is 1.98. The molecule has 4 heteroatoms. The van der Waals surface area contributed by atoms with Crippen molar-refractivity contribution in [3.8, 4) is 5.88 Å². The Labute approximate surface area is 107 Å². The number of hydrogen-bond acceptors (Lipinski definition) is 4. The van der Waals surface area contributed by atoms with Crippen LogP contribution in [0.15, 0.2) is 34.9 Å². The molecule has 1 unspecified atom stereocenters. The van der Waals surface area contributed by atoms with Crippen LogP contribution in [-0.4, -0.2) is 19.1 Å². The van der Waals surface area contributed by atoms with Crippen molar-refractivity contribution in [2.75, 3.05) is 14.2 Å². The average Bonchev–Trinajstić information content (AvgIpc) is 2.89. The minimum absolute atomic E-state index is 0.0473. The predicted molar refractivity (Wildman–Crippen MR) is 69.8 cm³/mol. The SMILES string of the molecule is CCc1ccc(C(NC)c2cccnc2OC)o1.